The molecule has 61 valence electrons. The van der Waals surface area contributed by atoms with Crippen molar-refractivity contribution in [2.45, 2.75) is 6.29 Å². The van der Waals surface area contributed by atoms with E-state index >= 15 is 0 Å². The van der Waals surface area contributed by atoms with Crippen LogP contribution in [0.5, 0.6) is 0 Å². The molecule has 0 fully saturated rings. The fraction of sp³-hybridized carbons (Fsp3) is 0.833. The van der Waals surface area contributed by atoms with E-state index in [2.05, 4.69) is 6.92 Å². The summed E-state index contributed by atoms with van der Waals surface area (Å²) in [5.41, 5.74) is 0. The van der Waals surface area contributed by atoms with Gasteiger partial charge in [-0.1, -0.05) is 0 Å². The van der Waals surface area contributed by atoms with Gasteiger partial charge in [0.05, 0.1) is 26.4 Å². The first-order valence-electron chi connectivity index (χ1n) is 3.09. The molecular weight excluding hydrogens is 136 g/mol. The maximum atomic E-state index is 8.28. The summed E-state index contributed by atoms with van der Waals surface area (Å²) in [7, 11) is 0. The average Bonchev–Trinajstić information content (AvgIpc) is 1.97. The Hall–Kier alpha value is -0.160. The van der Waals surface area contributed by atoms with E-state index in [1.807, 2.05) is 0 Å². The van der Waals surface area contributed by atoms with Gasteiger partial charge in [-0.3, -0.25) is 0 Å². The van der Waals surface area contributed by atoms with E-state index in [1.54, 1.807) is 0 Å². The molecule has 2 N–H and O–H groups in total. The fourth-order valence-electron chi connectivity index (χ4n) is 0.416. The van der Waals surface area contributed by atoms with Crippen molar-refractivity contribution in [3.63, 3.8) is 0 Å². The highest BCUT2D eigenvalue weighted by Gasteiger charge is 1.98. The van der Waals surface area contributed by atoms with Crippen LogP contribution in [0.2, 0.25) is 0 Å². The molecule has 0 unspecified atom stereocenters. The second kappa shape index (κ2) is 6.95. The van der Waals surface area contributed by atoms with Crippen LogP contribution in [0.4, 0.5) is 0 Å². The molecular formula is C6H13O4. The van der Waals surface area contributed by atoms with Crippen molar-refractivity contribution in [1.29, 1.82) is 0 Å². The molecule has 0 aromatic rings. The molecule has 0 bridgehead atoms. The number of hydrogen-bond acceptors (Lipinski definition) is 4. The van der Waals surface area contributed by atoms with Crippen LogP contribution in [-0.4, -0.2) is 42.9 Å². The largest absolute Gasteiger partial charge is 0.394 e. The third kappa shape index (κ3) is 5.97. The molecule has 1 radical (unpaired) electrons. The van der Waals surface area contributed by atoms with E-state index in [1.165, 1.54) is 0 Å². The predicted molar refractivity (Wildman–Crippen MR) is 35.2 cm³/mol. The Balaban J connectivity index is 3.00. The first-order chi connectivity index (χ1) is 4.81. The summed E-state index contributed by atoms with van der Waals surface area (Å²) in [6, 6.07) is 0. The molecule has 0 aromatic carbocycles. The fourth-order valence-corrected chi connectivity index (χ4v) is 0.416. The summed E-state index contributed by atoms with van der Waals surface area (Å²) in [4.78, 5) is 0. The van der Waals surface area contributed by atoms with Crippen molar-refractivity contribution in [2.24, 2.45) is 0 Å². The smallest absolute Gasteiger partial charge is 0.157 e. The topological polar surface area (TPSA) is 58.9 Å². The quantitative estimate of drug-likeness (QED) is 0.484. The van der Waals surface area contributed by atoms with Gasteiger partial charge in [0.2, 0.25) is 0 Å². The third-order valence-corrected chi connectivity index (χ3v) is 0.790. The number of aliphatic hydroxyl groups excluding tert-OH is 2. The lowest BCUT2D eigenvalue weighted by molar-refractivity contribution is -0.125. The van der Waals surface area contributed by atoms with E-state index in [4.69, 9.17) is 19.7 Å². The lowest BCUT2D eigenvalue weighted by atomic mass is 10.7. The molecule has 0 heterocycles. The van der Waals surface area contributed by atoms with E-state index in [0.717, 1.165) is 0 Å². The Morgan fingerprint density at radius 3 is 1.80 bits per heavy atom. The summed E-state index contributed by atoms with van der Waals surface area (Å²) >= 11 is 0. The van der Waals surface area contributed by atoms with E-state index in [9.17, 15) is 0 Å². The Morgan fingerprint density at radius 1 is 1.10 bits per heavy atom. The van der Waals surface area contributed by atoms with Gasteiger partial charge in [-0.15, -0.1) is 0 Å². The molecule has 0 saturated heterocycles. The highest BCUT2D eigenvalue weighted by molar-refractivity contribution is 4.44. The summed E-state index contributed by atoms with van der Waals surface area (Å²) in [6.45, 7) is 3.77. The normalized spacial score (nSPS) is 10.8. The van der Waals surface area contributed by atoms with Gasteiger partial charge >= 0.3 is 0 Å². The first-order valence-corrected chi connectivity index (χ1v) is 3.09. The molecule has 0 saturated carbocycles. The maximum absolute atomic E-state index is 8.28. The van der Waals surface area contributed by atoms with Crippen LogP contribution in [0.15, 0.2) is 0 Å². The van der Waals surface area contributed by atoms with Crippen LogP contribution < -0.4 is 0 Å². The Bertz CT molecular complexity index is 58.8. The number of rotatable bonds is 6. The molecule has 0 aromatic heterocycles. The van der Waals surface area contributed by atoms with E-state index in [-0.39, 0.29) is 26.4 Å². The standard InChI is InChI=1S/C6H13O4/c1-6(9-4-2-7)10-5-3-8/h6-8H,1-5H2. The van der Waals surface area contributed by atoms with Crippen molar-refractivity contribution in [3.05, 3.63) is 6.92 Å². The Morgan fingerprint density at radius 2 is 1.50 bits per heavy atom. The van der Waals surface area contributed by atoms with Crippen molar-refractivity contribution in [3.8, 4) is 0 Å². The summed E-state index contributed by atoms with van der Waals surface area (Å²) in [6.07, 6.45) is -0.598. The van der Waals surface area contributed by atoms with Crippen molar-refractivity contribution >= 4 is 0 Å². The van der Waals surface area contributed by atoms with Crippen LogP contribution in [0.1, 0.15) is 0 Å². The molecule has 0 aliphatic carbocycles. The molecule has 0 aliphatic rings. The van der Waals surface area contributed by atoms with Gasteiger partial charge in [0, 0.05) is 6.92 Å². The summed E-state index contributed by atoms with van der Waals surface area (Å²) < 4.78 is 9.60. The molecule has 4 nitrogen and oxygen atoms in total. The molecule has 0 rings (SSSR count). The minimum Gasteiger partial charge on any atom is -0.394 e. The minimum atomic E-state index is -0.598. The zero-order valence-electron chi connectivity index (χ0n) is 5.82. The van der Waals surface area contributed by atoms with Crippen molar-refractivity contribution in [2.75, 3.05) is 26.4 Å². The molecule has 0 atom stereocenters. The second-order valence-electron chi connectivity index (χ2n) is 1.62. The van der Waals surface area contributed by atoms with E-state index in [0.29, 0.717) is 0 Å². The molecule has 0 spiro atoms. The zero-order valence-corrected chi connectivity index (χ0v) is 5.82. The van der Waals surface area contributed by atoms with Crippen LogP contribution in [0.3, 0.4) is 0 Å². The minimum absolute atomic E-state index is 0.0471. The third-order valence-electron chi connectivity index (χ3n) is 0.790. The van der Waals surface area contributed by atoms with Gasteiger partial charge < -0.3 is 19.7 Å². The zero-order chi connectivity index (χ0) is 7.82. The number of hydrogen-bond donors (Lipinski definition) is 2. The highest BCUT2D eigenvalue weighted by Crippen LogP contribution is 1.90. The lowest BCUT2D eigenvalue weighted by Gasteiger charge is -2.11. The maximum Gasteiger partial charge on any atom is 0.157 e. The van der Waals surface area contributed by atoms with Gasteiger partial charge in [-0.2, -0.15) is 0 Å². The summed E-state index contributed by atoms with van der Waals surface area (Å²) in [5, 5.41) is 16.6. The monoisotopic (exact) mass is 149 g/mol. The van der Waals surface area contributed by atoms with Crippen LogP contribution in [-0.2, 0) is 9.47 Å². The Kier molecular flexibility index (Phi) is 6.84. The average molecular weight is 149 g/mol. The van der Waals surface area contributed by atoms with Crippen molar-refractivity contribution < 1.29 is 19.7 Å². The van der Waals surface area contributed by atoms with Crippen LogP contribution in [0.25, 0.3) is 0 Å². The first kappa shape index (κ1) is 9.84. The molecule has 0 amide bonds. The number of ether oxygens (including phenoxy) is 2. The van der Waals surface area contributed by atoms with Gasteiger partial charge in [0.25, 0.3) is 0 Å². The molecule has 0 aliphatic heterocycles. The Labute approximate surface area is 60.4 Å². The van der Waals surface area contributed by atoms with Gasteiger partial charge in [-0.25, -0.2) is 0 Å². The SMILES string of the molecule is [CH2]C(OCCO)OCCO. The van der Waals surface area contributed by atoms with Gasteiger partial charge in [0.1, 0.15) is 0 Å². The molecule has 10 heavy (non-hydrogen) atoms. The predicted octanol–water partition coefficient (Wildman–Crippen LogP) is -0.836. The second-order valence-corrected chi connectivity index (χ2v) is 1.62. The van der Waals surface area contributed by atoms with E-state index < -0.39 is 6.29 Å². The highest BCUT2D eigenvalue weighted by atomic mass is 16.7. The van der Waals surface area contributed by atoms with Gasteiger partial charge in [-0.05, 0) is 0 Å². The number of aliphatic hydroxyl groups is 2. The van der Waals surface area contributed by atoms with Gasteiger partial charge in [0.15, 0.2) is 6.29 Å². The molecule has 4 heteroatoms. The van der Waals surface area contributed by atoms with Crippen molar-refractivity contribution in [1.82, 2.24) is 0 Å². The van der Waals surface area contributed by atoms with Crippen LogP contribution in [0, 0.1) is 6.92 Å². The van der Waals surface area contributed by atoms with Crippen LogP contribution >= 0.6 is 0 Å². The lowest BCUT2D eigenvalue weighted by Crippen LogP contribution is -2.17. The summed E-state index contributed by atoms with van der Waals surface area (Å²) in [5.74, 6) is 0.